The van der Waals surface area contributed by atoms with Gasteiger partial charge in [-0.2, -0.15) is 0 Å². The van der Waals surface area contributed by atoms with E-state index in [0.29, 0.717) is 23.7 Å². The molecule has 0 saturated heterocycles. The molecule has 0 spiro atoms. The van der Waals surface area contributed by atoms with Gasteiger partial charge in [0, 0.05) is 17.7 Å². The Balaban J connectivity index is 2.30. The van der Waals surface area contributed by atoms with Crippen molar-refractivity contribution in [2.24, 2.45) is 0 Å². The van der Waals surface area contributed by atoms with Crippen LogP contribution in [0.5, 0.6) is 11.5 Å². The molecule has 0 amide bonds. The summed E-state index contributed by atoms with van der Waals surface area (Å²) in [4.78, 5) is 8.93. The lowest BCUT2D eigenvalue weighted by Crippen LogP contribution is -2.07. The molecule has 112 valence electrons. The van der Waals surface area contributed by atoms with Crippen molar-refractivity contribution in [2.45, 2.75) is 26.7 Å². The zero-order chi connectivity index (χ0) is 15.4. The highest BCUT2D eigenvalue weighted by Crippen LogP contribution is 2.28. The number of aryl methyl sites for hydroxylation is 1. The van der Waals surface area contributed by atoms with E-state index >= 15 is 0 Å². The predicted octanol–water partition coefficient (Wildman–Crippen LogP) is 2.54. The van der Waals surface area contributed by atoms with E-state index in [4.69, 9.17) is 15.2 Å². The van der Waals surface area contributed by atoms with Crippen LogP contribution in [0.25, 0.3) is 0 Å². The van der Waals surface area contributed by atoms with Crippen molar-refractivity contribution in [1.82, 2.24) is 9.97 Å². The van der Waals surface area contributed by atoms with Crippen molar-refractivity contribution in [3.05, 3.63) is 40.8 Å². The minimum atomic E-state index is 0.570. The topological polar surface area (TPSA) is 70.3 Å². The molecule has 1 heterocycles. The summed E-state index contributed by atoms with van der Waals surface area (Å²) in [6.07, 6.45) is 1.45. The summed E-state index contributed by atoms with van der Waals surface area (Å²) in [7, 11) is 3.24. The Bertz CT molecular complexity index is 618. The first-order chi connectivity index (χ1) is 10.1. The van der Waals surface area contributed by atoms with Crippen LogP contribution in [0.3, 0.4) is 0 Å². The minimum absolute atomic E-state index is 0.570. The molecule has 5 heteroatoms. The van der Waals surface area contributed by atoms with Gasteiger partial charge >= 0.3 is 0 Å². The molecule has 1 aromatic heterocycles. The van der Waals surface area contributed by atoms with Crippen LogP contribution in [0.1, 0.15) is 29.6 Å². The van der Waals surface area contributed by atoms with Crippen molar-refractivity contribution < 1.29 is 9.47 Å². The number of rotatable bonds is 5. The minimum Gasteiger partial charge on any atom is -0.493 e. The summed E-state index contributed by atoms with van der Waals surface area (Å²) in [6, 6.07) is 5.79. The summed E-state index contributed by atoms with van der Waals surface area (Å²) < 4.78 is 10.5. The van der Waals surface area contributed by atoms with E-state index in [1.165, 1.54) is 0 Å². The number of aromatic nitrogens is 2. The van der Waals surface area contributed by atoms with Gasteiger partial charge in [-0.15, -0.1) is 0 Å². The summed E-state index contributed by atoms with van der Waals surface area (Å²) in [5, 5.41) is 0. The number of hydrogen-bond acceptors (Lipinski definition) is 5. The number of nitrogens with zero attached hydrogens (tertiary/aromatic N) is 2. The van der Waals surface area contributed by atoms with Gasteiger partial charge < -0.3 is 15.2 Å². The van der Waals surface area contributed by atoms with E-state index in [0.717, 1.165) is 29.1 Å². The van der Waals surface area contributed by atoms with Gasteiger partial charge in [0.1, 0.15) is 11.6 Å². The van der Waals surface area contributed by atoms with Crippen molar-refractivity contribution >= 4 is 5.82 Å². The van der Waals surface area contributed by atoms with Gasteiger partial charge in [-0.1, -0.05) is 13.0 Å². The van der Waals surface area contributed by atoms with Gasteiger partial charge in [-0.25, -0.2) is 9.97 Å². The number of hydrogen-bond donors (Lipinski definition) is 1. The molecule has 0 saturated carbocycles. The van der Waals surface area contributed by atoms with Crippen molar-refractivity contribution in [2.75, 3.05) is 20.0 Å². The molecule has 0 aliphatic rings. The molecule has 5 nitrogen and oxygen atoms in total. The normalized spacial score (nSPS) is 10.5. The number of benzene rings is 1. The van der Waals surface area contributed by atoms with Gasteiger partial charge in [0.05, 0.1) is 14.2 Å². The average molecular weight is 287 g/mol. The number of nitrogens with two attached hydrogens (primary N) is 1. The van der Waals surface area contributed by atoms with Crippen LogP contribution < -0.4 is 15.2 Å². The zero-order valence-corrected chi connectivity index (χ0v) is 12.9. The number of nitrogen functional groups attached to an aromatic ring is 1. The van der Waals surface area contributed by atoms with Crippen molar-refractivity contribution in [3.8, 4) is 11.5 Å². The number of methoxy groups -OCH3 is 2. The number of ether oxygens (including phenoxy) is 2. The Morgan fingerprint density at radius 2 is 1.81 bits per heavy atom. The zero-order valence-electron chi connectivity index (χ0n) is 12.9. The molecule has 0 radical (unpaired) electrons. The maximum atomic E-state index is 5.99. The third-order valence-corrected chi connectivity index (χ3v) is 3.46. The number of anilines is 1. The Kier molecular flexibility index (Phi) is 4.62. The van der Waals surface area contributed by atoms with Crippen LogP contribution in [-0.4, -0.2) is 24.2 Å². The summed E-state index contributed by atoms with van der Waals surface area (Å²) in [6.45, 7) is 4.02. The lowest BCUT2D eigenvalue weighted by molar-refractivity contribution is 0.354. The quantitative estimate of drug-likeness (QED) is 0.915. The highest BCUT2D eigenvalue weighted by Gasteiger charge is 2.10. The summed E-state index contributed by atoms with van der Waals surface area (Å²) in [5.74, 6) is 2.69. The summed E-state index contributed by atoms with van der Waals surface area (Å²) in [5.41, 5.74) is 9.01. The van der Waals surface area contributed by atoms with Gasteiger partial charge in [-0.05, 0) is 31.0 Å². The van der Waals surface area contributed by atoms with Crippen LogP contribution in [0.15, 0.2) is 18.2 Å². The van der Waals surface area contributed by atoms with Crippen LogP contribution in [0.2, 0.25) is 0 Å². The highest BCUT2D eigenvalue weighted by atomic mass is 16.5. The fraction of sp³-hybridized carbons (Fsp3) is 0.375. The van der Waals surface area contributed by atoms with Crippen molar-refractivity contribution in [3.63, 3.8) is 0 Å². The van der Waals surface area contributed by atoms with E-state index in [1.54, 1.807) is 14.2 Å². The van der Waals surface area contributed by atoms with Gasteiger partial charge in [0.15, 0.2) is 11.5 Å². The largest absolute Gasteiger partial charge is 0.493 e. The Labute approximate surface area is 125 Å². The third kappa shape index (κ3) is 3.24. The molecular formula is C16H21N3O2. The first-order valence-corrected chi connectivity index (χ1v) is 6.91. The standard InChI is InChI=1S/C16H21N3O2/c1-5-12-10(2)18-15(19-16(12)17)9-11-6-7-13(20-3)14(8-11)21-4/h6-8H,5,9H2,1-4H3,(H2,17,18,19). The van der Waals surface area contributed by atoms with E-state index < -0.39 is 0 Å². The molecule has 21 heavy (non-hydrogen) atoms. The van der Waals surface area contributed by atoms with Crippen molar-refractivity contribution in [1.29, 1.82) is 0 Å². The SMILES string of the molecule is CCc1c(C)nc(Cc2ccc(OC)c(OC)c2)nc1N. The van der Waals surface area contributed by atoms with Gasteiger partial charge in [-0.3, -0.25) is 0 Å². The van der Waals surface area contributed by atoms with Crippen LogP contribution in [0.4, 0.5) is 5.82 Å². The molecule has 0 aliphatic carbocycles. The predicted molar refractivity (Wildman–Crippen MR) is 82.9 cm³/mol. The first kappa shape index (κ1) is 15.1. The molecular weight excluding hydrogens is 266 g/mol. The highest BCUT2D eigenvalue weighted by molar-refractivity contribution is 5.45. The molecule has 0 fully saturated rings. The molecule has 2 rings (SSSR count). The third-order valence-electron chi connectivity index (χ3n) is 3.46. The maximum Gasteiger partial charge on any atom is 0.161 e. The Morgan fingerprint density at radius 1 is 1.10 bits per heavy atom. The van der Waals surface area contributed by atoms with Crippen LogP contribution in [0, 0.1) is 6.92 Å². The second-order valence-electron chi connectivity index (χ2n) is 4.81. The molecule has 0 unspecified atom stereocenters. The fourth-order valence-corrected chi connectivity index (χ4v) is 2.37. The van der Waals surface area contributed by atoms with Crippen LogP contribution in [-0.2, 0) is 12.8 Å². The summed E-state index contributed by atoms with van der Waals surface area (Å²) >= 11 is 0. The van der Waals surface area contributed by atoms with E-state index in [-0.39, 0.29) is 0 Å². The lowest BCUT2D eigenvalue weighted by atomic mass is 10.1. The maximum absolute atomic E-state index is 5.99. The fourth-order valence-electron chi connectivity index (χ4n) is 2.37. The van der Waals surface area contributed by atoms with E-state index in [9.17, 15) is 0 Å². The van der Waals surface area contributed by atoms with E-state index in [1.807, 2.05) is 25.1 Å². The Morgan fingerprint density at radius 3 is 2.38 bits per heavy atom. The van der Waals surface area contributed by atoms with E-state index in [2.05, 4.69) is 16.9 Å². The monoisotopic (exact) mass is 287 g/mol. The lowest BCUT2D eigenvalue weighted by Gasteiger charge is -2.11. The average Bonchev–Trinajstić information content (AvgIpc) is 2.46. The first-order valence-electron chi connectivity index (χ1n) is 6.91. The smallest absolute Gasteiger partial charge is 0.161 e. The molecule has 0 aliphatic heterocycles. The molecule has 2 aromatic rings. The van der Waals surface area contributed by atoms with Gasteiger partial charge in [0.2, 0.25) is 0 Å². The van der Waals surface area contributed by atoms with Gasteiger partial charge in [0.25, 0.3) is 0 Å². The second kappa shape index (κ2) is 6.43. The molecule has 0 atom stereocenters. The molecule has 2 N–H and O–H groups in total. The Hall–Kier alpha value is -2.30. The molecule has 1 aromatic carbocycles. The molecule has 0 bridgehead atoms. The second-order valence-corrected chi connectivity index (χ2v) is 4.81. The van der Waals surface area contributed by atoms with Crippen LogP contribution >= 0.6 is 0 Å².